The fraction of sp³-hybridized carbons (Fsp3) is 0.400. The molecule has 0 aliphatic heterocycles. The Morgan fingerprint density at radius 3 is 2.39 bits per heavy atom. The molecule has 0 bridgehead atoms. The molecule has 2 aromatic heterocycles. The summed E-state index contributed by atoms with van der Waals surface area (Å²) in [7, 11) is 1.70. The van der Waals surface area contributed by atoms with Gasteiger partial charge in [0.2, 0.25) is 0 Å². The predicted octanol–water partition coefficient (Wildman–Crippen LogP) is 5.94. The van der Waals surface area contributed by atoms with Gasteiger partial charge in [-0.15, -0.1) is 5.10 Å². The number of amides is 1. The monoisotopic (exact) mass is 513 g/mol. The van der Waals surface area contributed by atoms with Gasteiger partial charge in [0.15, 0.2) is 5.82 Å². The maximum atomic E-state index is 12.6. The van der Waals surface area contributed by atoms with Crippen LogP contribution in [0, 0.1) is 0 Å². The van der Waals surface area contributed by atoms with E-state index in [-0.39, 0.29) is 6.09 Å². The van der Waals surface area contributed by atoms with Gasteiger partial charge < -0.3 is 14.8 Å². The Labute approximate surface area is 223 Å². The number of carbonyl (C=O) groups is 1. The maximum absolute atomic E-state index is 12.6. The number of nitrogens with zero attached hydrogens (tertiary/aromatic N) is 4. The van der Waals surface area contributed by atoms with Gasteiger partial charge in [-0.3, -0.25) is 0 Å². The lowest BCUT2D eigenvalue weighted by molar-refractivity contribution is 0.0377. The molecule has 1 aliphatic rings. The molecule has 0 unspecified atom stereocenters. The zero-order valence-corrected chi connectivity index (χ0v) is 22.5. The Kier molecular flexibility index (Phi) is 7.17. The van der Waals surface area contributed by atoms with Crippen LogP contribution in [0.15, 0.2) is 60.8 Å². The first-order chi connectivity index (χ1) is 18.3. The van der Waals surface area contributed by atoms with Crippen LogP contribution in [0.25, 0.3) is 28.2 Å². The molecule has 2 heterocycles. The Morgan fingerprint density at radius 1 is 1.03 bits per heavy atom. The van der Waals surface area contributed by atoms with Crippen molar-refractivity contribution in [3.8, 4) is 22.4 Å². The number of benzene rings is 2. The lowest BCUT2D eigenvalue weighted by atomic mass is 9.71. The van der Waals surface area contributed by atoms with Crippen LogP contribution in [0.2, 0.25) is 0 Å². The first-order valence-electron chi connectivity index (χ1n) is 13.2. The van der Waals surface area contributed by atoms with Crippen LogP contribution < -0.4 is 5.32 Å². The minimum atomic E-state index is -0.539. The molecule has 8 nitrogen and oxygen atoms in total. The SMILES string of the molecule is COCCCc1nc2nc(-c3ccc(C4(NC(=O)OC(C)(C)C)CCC4)cc3)c(-c3ccccc3)cn2n1. The Morgan fingerprint density at radius 2 is 1.76 bits per heavy atom. The van der Waals surface area contributed by atoms with E-state index < -0.39 is 11.1 Å². The van der Waals surface area contributed by atoms with Gasteiger partial charge in [0.25, 0.3) is 5.78 Å². The Bertz CT molecular complexity index is 1400. The summed E-state index contributed by atoms with van der Waals surface area (Å²) in [5.74, 6) is 1.32. The smallest absolute Gasteiger partial charge is 0.408 e. The molecule has 0 atom stereocenters. The number of hydrogen-bond donors (Lipinski definition) is 1. The second-order valence-corrected chi connectivity index (χ2v) is 10.9. The fourth-order valence-corrected chi connectivity index (χ4v) is 4.86. The van der Waals surface area contributed by atoms with E-state index in [0.29, 0.717) is 12.4 Å². The Hall–Kier alpha value is -3.78. The number of fused-ring (bicyclic) bond motifs is 1. The minimum absolute atomic E-state index is 0.382. The highest BCUT2D eigenvalue weighted by Gasteiger charge is 2.41. The molecule has 1 amide bonds. The standard InChI is InChI=1S/C30H35N5O3/c1-29(2,3)38-28(36)33-30(17-9-18-30)23-15-13-22(14-16-23)26-24(21-10-6-5-7-11-21)20-35-27(32-26)31-25(34-35)12-8-19-37-4/h5-7,10-11,13-16,20H,8-9,12,17-19H2,1-4H3,(H,33,36). The highest BCUT2D eigenvalue weighted by molar-refractivity contribution is 5.81. The van der Waals surface area contributed by atoms with Crippen LogP contribution >= 0.6 is 0 Å². The number of nitrogens with one attached hydrogen (secondary N) is 1. The summed E-state index contributed by atoms with van der Waals surface area (Å²) < 4.78 is 12.5. The number of aromatic nitrogens is 4. The number of ether oxygens (including phenoxy) is 2. The first-order valence-corrected chi connectivity index (χ1v) is 13.2. The summed E-state index contributed by atoms with van der Waals surface area (Å²) in [4.78, 5) is 22.2. The summed E-state index contributed by atoms with van der Waals surface area (Å²) in [5, 5.41) is 7.80. The molecule has 1 N–H and O–H groups in total. The van der Waals surface area contributed by atoms with Crippen molar-refractivity contribution >= 4 is 11.9 Å². The highest BCUT2D eigenvalue weighted by Crippen LogP contribution is 2.42. The zero-order chi connectivity index (χ0) is 26.8. The molecule has 0 spiro atoms. The van der Waals surface area contributed by atoms with Crippen LogP contribution in [-0.4, -0.2) is 45.0 Å². The van der Waals surface area contributed by atoms with E-state index in [1.54, 1.807) is 11.6 Å². The molecule has 0 saturated heterocycles. The number of carbonyl (C=O) groups excluding carboxylic acids is 1. The van der Waals surface area contributed by atoms with Gasteiger partial charge in [-0.2, -0.15) is 4.98 Å². The van der Waals surface area contributed by atoms with Gasteiger partial charge in [0, 0.05) is 37.5 Å². The van der Waals surface area contributed by atoms with E-state index in [0.717, 1.165) is 65.9 Å². The average Bonchev–Trinajstić information content (AvgIpc) is 3.27. The predicted molar refractivity (Wildman–Crippen MR) is 147 cm³/mol. The molecule has 8 heteroatoms. The first kappa shape index (κ1) is 25.9. The van der Waals surface area contributed by atoms with E-state index in [1.807, 2.05) is 45.2 Å². The van der Waals surface area contributed by atoms with Crippen LogP contribution in [0.5, 0.6) is 0 Å². The summed E-state index contributed by atoms with van der Waals surface area (Å²) in [6, 6.07) is 18.5. The average molecular weight is 514 g/mol. The molecule has 1 fully saturated rings. The fourth-order valence-electron chi connectivity index (χ4n) is 4.86. The van der Waals surface area contributed by atoms with Gasteiger partial charge in [0.1, 0.15) is 5.60 Å². The molecule has 4 aromatic rings. The van der Waals surface area contributed by atoms with Gasteiger partial charge in [-0.1, -0.05) is 54.6 Å². The summed E-state index contributed by atoms with van der Waals surface area (Å²) in [6.07, 6.45) is 6.04. The number of alkyl carbamates (subject to hydrolysis) is 1. The normalized spacial score (nSPS) is 14.7. The van der Waals surface area contributed by atoms with Gasteiger partial charge in [-0.05, 0) is 57.6 Å². The third-order valence-electron chi connectivity index (χ3n) is 6.87. The lowest BCUT2D eigenvalue weighted by Gasteiger charge is -2.43. The molecular formula is C30H35N5O3. The van der Waals surface area contributed by atoms with Crippen LogP contribution in [0.4, 0.5) is 4.79 Å². The molecule has 0 radical (unpaired) electrons. The summed E-state index contributed by atoms with van der Waals surface area (Å²) >= 11 is 0. The molecule has 1 aliphatic carbocycles. The molecule has 2 aromatic carbocycles. The van der Waals surface area contributed by atoms with E-state index in [2.05, 4.69) is 51.8 Å². The third-order valence-corrected chi connectivity index (χ3v) is 6.87. The number of rotatable bonds is 8. The van der Waals surface area contributed by atoms with E-state index in [4.69, 9.17) is 14.5 Å². The van der Waals surface area contributed by atoms with Crippen LogP contribution in [0.1, 0.15) is 57.8 Å². The largest absolute Gasteiger partial charge is 0.444 e. The molecule has 38 heavy (non-hydrogen) atoms. The van der Waals surface area contributed by atoms with Crippen molar-refractivity contribution in [1.29, 1.82) is 0 Å². The van der Waals surface area contributed by atoms with Crippen LogP contribution in [-0.2, 0) is 21.4 Å². The second-order valence-electron chi connectivity index (χ2n) is 10.9. The number of aryl methyl sites for hydroxylation is 1. The second kappa shape index (κ2) is 10.5. The third kappa shape index (κ3) is 5.55. The van der Waals surface area contributed by atoms with Gasteiger partial charge in [-0.25, -0.2) is 14.3 Å². The molecule has 198 valence electrons. The topological polar surface area (TPSA) is 90.6 Å². The van der Waals surface area contributed by atoms with Crippen molar-refractivity contribution < 1.29 is 14.3 Å². The Balaban J connectivity index is 1.48. The van der Waals surface area contributed by atoms with E-state index in [9.17, 15) is 4.79 Å². The lowest BCUT2D eigenvalue weighted by Crippen LogP contribution is -2.52. The van der Waals surface area contributed by atoms with Crippen molar-refractivity contribution in [2.45, 2.75) is 64.0 Å². The van der Waals surface area contributed by atoms with Crippen LogP contribution in [0.3, 0.4) is 0 Å². The maximum Gasteiger partial charge on any atom is 0.408 e. The van der Waals surface area contributed by atoms with Crippen molar-refractivity contribution in [3.63, 3.8) is 0 Å². The number of methoxy groups -OCH3 is 1. The van der Waals surface area contributed by atoms with Crippen molar-refractivity contribution in [2.24, 2.45) is 0 Å². The van der Waals surface area contributed by atoms with E-state index in [1.165, 1.54) is 0 Å². The quantitative estimate of drug-likeness (QED) is 0.293. The van der Waals surface area contributed by atoms with Gasteiger partial charge in [0.05, 0.1) is 11.2 Å². The van der Waals surface area contributed by atoms with Crippen molar-refractivity contribution in [3.05, 3.63) is 72.2 Å². The van der Waals surface area contributed by atoms with Gasteiger partial charge >= 0.3 is 6.09 Å². The molecule has 1 saturated carbocycles. The van der Waals surface area contributed by atoms with E-state index >= 15 is 0 Å². The molecule has 5 rings (SSSR count). The zero-order valence-electron chi connectivity index (χ0n) is 22.5. The van der Waals surface area contributed by atoms with Crippen molar-refractivity contribution in [2.75, 3.05) is 13.7 Å². The molecular weight excluding hydrogens is 478 g/mol. The summed E-state index contributed by atoms with van der Waals surface area (Å²) in [5.41, 5.74) is 3.99. The van der Waals surface area contributed by atoms with Crippen molar-refractivity contribution in [1.82, 2.24) is 24.9 Å². The highest BCUT2D eigenvalue weighted by atomic mass is 16.6. The minimum Gasteiger partial charge on any atom is -0.444 e. The summed E-state index contributed by atoms with van der Waals surface area (Å²) in [6.45, 7) is 6.29. The number of hydrogen-bond acceptors (Lipinski definition) is 6.